The molecule has 92 valence electrons. The van der Waals surface area contributed by atoms with Gasteiger partial charge in [0.2, 0.25) is 0 Å². The predicted molar refractivity (Wildman–Crippen MR) is 69.9 cm³/mol. The molecule has 1 heterocycles. The molecule has 1 aromatic carbocycles. The highest BCUT2D eigenvalue weighted by Gasteiger charge is 2.21. The molecule has 0 aliphatic heterocycles. The van der Waals surface area contributed by atoms with Crippen LogP contribution in [0, 0.1) is 13.8 Å². The summed E-state index contributed by atoms with van der Waals surface area (Å²) in [6.45, 7) is 4.86. The summed E-state index contributed by atoms with van der Waals surface area (Å²) < 4.78 is 2.05. The lowest BCUT2D eigenvalue weighted by Gasteiger charge is -2.08. The van der Waals surface area contributed by atoms with E-state index in [-0.39, 0.29) is 5.78 Å². The van der Waals surface area contributed by atoms with E-state index in [2.05, 4.69) is 22.5 Å². The minimum absolute atomic E-state index is 0.289. The van der Waals surface area contributed by atoms with Crippen molar-refractivity contribution in [2.45, 2.75) is 33.2 Å². The van der Waals surface area contributed by atoms with Crippen LogP contribution in [0.15, 0.2) is 24.7 Å². The third-order valence-electron chi connectivity index (χ3n) is 3.56. The summed E-state index contributed by atoms with van der Waals surface area (Å²) in [5.41, 5.74) is 5.61. The zero-order chi connectivity index (χ0) is 12.7. The van der Waals surface area contributed by atoms with E-state index in [1.807, 2.05) is 25.5 Å². The van der Waals surface area contributed by atoms with Crippen LogP contribution in [-0.4, -0.2) is 15.3 Å². The molecule has 3 nitrogen and oxygen atoms in total. The Morgan fingerprint density at radius 1 is 1.28 bits per heavy atom. The Hall–Kier alpha value is -1.90. The van der Waals surface area contributed by atoms with Gasteiger partial charge in [-0.1, -0.05) is 6.07 Å². The number of aryl methyl sites for hydroxylation is 2. The van der Waals surface area contributed by atoms with Gasteiger partial charge in [-0.05, 0) is 43.0 Å². The van der Waals surface area contributed by atoms with E-state index in [9.17, 15) is 4.79 Å². The molecule has 3 heteroatoms. The van der Waals surface area contributed by atoms with Crippen LogP contribution < -0.4 is 0 Å². The van der Waals surface area contributed by atoms with Gasteiger partial charge >= 0.3 is 0 Å². The third kappa shape index (κ3) is 1.86. The van der Waals surface area contributed by atoms with Crippen LogP contribution in [0.25, 0.3) is 0 Å². The predicted octanol–water partition coefficient (Wildman–Crippen LogP) is 2.68. The fourth-order valence-corrected chi connectivity index (χ4v) is 2.71. The van der Waals surface area contributed by atoms with Crippen molar-refractivity contribution in [2.24, 2.45) is 0 Å². The summed E-state index contributed by atoms with van der Waals surface area (Å²) in [6.07, 6.45) is 5.43. The van der Waals surface area contributed by atoms with Crippen molar-refractivity contribution in [3.05, 3.63) is 52.6 Å². The Bertz CT molecular complexity index is 625. The van der Waals surface area contributed by atoms with E-state index in [0.29, 0.717) is 6.42 Å². The molecule has 0 unspecified atom stereocenters. The first-order chi connectivity index (χ1) is 8.63. The molecule has 0 spiro atoms. The number of rotatable bonds is 2. The Kier molecular flexibility index (Phi) is 2.54. The number of nitrogens with zero attached hydrogens (tertiary/aromatic N) is 2. The van der Waals surface area contributed by atoms with Gasteiger partial charge in [0, 0.05) is 24.7 Å². The lowest BCUT2D eigenvalue weighted by Crippen LogP contribution is -2.01. The van der Waals surface area contributed by atoms with Crippen molar-refractivity contribution in [1.82, 2.24) is 9.55 Å². The molecule has 1 aliphatic carbocycles. The van der Waals surface area contributed by atoms with Gasteiger partial charge in [-0.3, -0.25) is 4.79 Å². The van der Waals surface area contributed by atoms with Gasteiger partial charge in [0.05, 0.1) is 12.0 Å². The second kappa shape index (κ2) is 4.09. The number of carbonyl (C=O) groups is 1. The molecular formula is C15H16N2O. The first-order valence-corrected chi connectivity index (χ1v) is 6.27. The minimum atomic E-state index is 0.289. The number of benzene rings is 1. The number of imidazole rings is 1. The standard InChI is InChI=1S/C15H16N2O/c1-10-5-12(8-17-7-11(2)16-9-17)6-14-13(10)3-4-15(14)18/h5-7,9H,3-4,8H2,1-2H3. The summed E-state index contributed by atoms with van der Waals surface area (Å²) in [5.74, 6) is 0.289. The number of aromatic nitrogens is 2. The van der Waals surface area contributed by atoms with Crippen molar-refractivity contribution < 1.29 is 4.79 Å². The molecule has 0 saturated heterocycles. The van der Waals surface area contributed by atoms with Gasteiger partial charge in [-0.2, -0.15) is 0 Å². The number of hydrogen-bond acceptors (Lipinski definition) is 2. The van der Waals surface area contributed by atoms with Crippen molar-refractivity contribution in [2.75, 3.05) is 0 Å². The SMILES string of the molecule is Cc1cn(Cc2cc(C)c3c(c2)C(=O)CC3)cn1. The highest BCUT2D eigenvalue weighted by molar-refractivity contribution is 6.00. The largest absolute Gasteiger partial charge is 0.333 e. The highest BCUT2D eigenvalue weighted by Crippen LogP contribution is 2.26. The van der Waals surface area contributed by atoms with Gasteiger partial charge in [0.1, 0.15) is 0 Å². The average molecular weight is 240 g/mol. The summed E-state index contributed by atoms with van der Waals surface area (Å²) in [5, 5.41) is 0. The topological polar surface area (TPSA) is 34.9 Å². The third-order valence-corrected chi connectivity index (χ3v) is 3.56. The maximum Gasteiger partial charge on any atom is 0.163 e. The summed E-state index contributed by atoms with van der Waals surface area (Å²) in [7, 11) is 0. The molecule has 2 aromatic rings. The van der Waals surface area contributed by atoms with E-state index >= 15 is 0 Å². The molecule has 0 radical (unpaired) electrons. The Labute approximate surface area is 106 Å². The van der Waals surface area contributed by atoms with Gasteiger partial charge in [-0.15, -0.1) is 0 Å². The van der Waals surface area contributed by atoms with Gasteiger partial charge in [0.25, 0.3) is 0 Å². The fraction of sp³-hybridized carbons (Fsp3) is 0.333. The number of hydrogen-bond donors (Lipinski definition) is 0. The zero-order valence-electron chi connectivity index (χ0n) is 10.7. The molecule has 3 rings (SSSR count). The van der Waals surface area contributed by atoms with E-state index in [4.69, 9.17) is 0 Å². The first kappa shape index (κ1) is 11.2. The van der Waals surface area contributed by atoms with E-state index < -0.39 is 0 Å². The maximum absolute atomic E-state index is 11.8. The normalized spacial score (nSPS) is 14.0. The summed E-state index contributed by atoms with van der Waals surface area (Å²) in [6, 6.07) is 4.24. The van der Waals surface area contributed by atoms with Crippen LogP contribution in [0.1, 0.15) is 39.2 Å². The second-order valence-electron chi connectivity index (χ2n) is 5.05. The molecule has 0 bridgehead atoms. The second-order valence-corrected chi connectivity index (χ2v) is 5.05. The molecule has 1 aromatic heterocycles. The van der Waals surface area contributed by atoms with Crippen LogP contribution in [0.3, 0.4) is 0 Å². The quantitative estimate of drug-likeness (QED) is 0.809. The van der Waals surface area contributed by atoms with Crippen LogP contribution in [-0.2, 0) is 13.0 Å². The van der Waals surface area contributed by atoms with E-state index in [1.165, 1.54) is 16.7 Å². The molecular weight excluding hydrogens is 224 g/mol. The zero-order valence-corrected chi connectivity index (χ0v) is 10.7. The maximum atomic E-state index is 11.8. The number of Topliss-reactive ketones (excluding diaryl/α,β-unsaturated/α-hetero) is 1. The van der Waals surface area contributed by atoms with Crippen molar-refractivity contribution in [3.8, 4) is 0 Å². The number of ketones is 1. The molecule has 0 atom stereocenters. The molecule has 1 aliphatic rings. The molecule has 18 heavy (non-hydrogen) atoms. The molecule has 0 N–H and O–H groups in total. The highest BCUT2D eigenvalue weighted by atomic mass is 16.1. The van der Waals surface area contributed by atoms with Crippen LogP contribution in [0.5, 0.6) is 0 Å². The Morgan fingerprint density at radius 3 is 2.83 bits per heavy atom. The average Bonchev–Trinajstić information content (AvgIpc) is 2.87. The first-order valence-electron chi connectivity index (χ1n) is 6.27. The number of carbonyl (C=O) groups excluding carboxylic acids is 1. The smallest absolute Gasteiger partial charge is 0.163 e. The Morgan fingerprint density at radius 2 is 2.11 bits per heavy atom. The minimum Gasteiger partial charge on any atom is -0.333 e. The van der Waals surface area contributed by atoms with Crippen LogP contribution in [0.4, 0.5) is 0 Å². The van der Waals surface area contributed by atoms with Gasteiger partial charge < -0.3 is 4.57 Å². The summed E-state index contributed by atoms with van der Waals surface area (Å²) in [4.78, 5) is 16.0. The molecule has 0 saturated carbocycles. The van der Waals surface area contributed by atoms with Crippen molar-refractivity contribution in [3.63, 3.8) is 0 Å². The lowest BCUT2D eigenvalue weighted by molar-refractivity contribution is 0.0994. The van der Waals surface area contributed by atoms with Crippen molar-refractivity contribution in [1.29, 1.82) is 0 Å². The van der Waals surface area contributed by atoms with E-state index in [0.717, 1.165) is 24.2 Å². The van der Waals surface area contributed by atoms with Crippen LogP contribution in [0.2, 0.25) is 0 Å². The lowest BCUT2D eigenvalue weighted by atomic mass is 10.0. The van der Waals surface area contributed by atoms with E-state index in [1.54, 1.807) is 0 Å². The molecule has 0 amide bonds. The molecule has 0 fully saturated rings. The van der Waals surface area contributed by atoms with Gasteiger partial charge in [0.15, 0.2) is 5.78 Å². The monoisotopic (exact) mass is 240 g/mol. The number of fused-ring (bicyclic) bond motifs is 1. The fourth-order valence-electron chi connectivity index (χ4n) is 2.71. The van der Waals surface area contributed by atoms with Crippen LogP contribution >= 0.6 is 0 Å². The van der Waals surface area contributed by atoms with Crippen molar-refractivity contribution >= 4 is 5.78 Å². The van der Waals surface area contributed by atoms with Gasteiger partial charge in [-0.25, -0.2) is 4.98 Å². The Balaban J connectivity index is 1.96. The summed E-state index contributed by atoms with van der Waals surface area (Å²) >= 11 is 0.